The van der Waals surface area contributed by atoms with Crippen LogP contribution in [0.2, 0.25) is 0 Å². The molecule has 0 atom stereocenters. The first-order valence-electron chi connectivity index (χ1n) is 10.9. The van der Waals surface area contributed by atoms with E-state index in [0.717, 1.165) is 5.56 Å². The predicted molar refractivity (Wildman–Crippen MR) is 130 cm³/mol. The van der Waals surface area contributed by atoms with Gasteiger partial charge in [-0.15, -0.1) is 0 Å². The lowest BCUT2D eigenvalue weighted by atomic mass is 10.1. The van der Waals surface area contributed by atoms with E-state index in [1.165, 1.54) is 24.3 Å². The van der Waals surface area contributed by atoms with Crippen LogP contribution in [-0.4, -0.2) is 25.0 Å². The molecule has 0 saturated carbocycles. The lowest BCUT2D eigenvalue weighted by Crippen LogP contribution is -2.23. The second-order valence-corrected chi connectivity index (χ2v) is 7.29. The van der Waals surface area contributed by atoms with Crippen molar-refractivity contribution in [3.05, 3.63) is 95.3 Å². The van der Waals surface area contributed by atoms with E-state index < -0.39 is 17.6 Å². The third-order valence-corrected chi connectivity index (χ3v) is 4.75. The quantitative estimate of drug-likeness (QED) is 0.334. The largest absolute Gasteiger partial charge is 0.490 e. The highest BCUT2D eigenvalue weighted by atomic mass is 19.1. The third-order valence-electron chi connectivity index (χ3n) is 4.75. The molecule has 178 valence electrons. The van der Waals surface area contributed by atoms with Gasteiger partial charge in [0.15, 0.2) is 18.1 Å². The van der Waals surface area contributed by atoms with Gasteiger partial charge < -0.3 is 20.1 Å². The van der Waals surface area contributed by atoms with Crippen LogP contribution in [-0.2, 0) is 16.1 Å². The zero-order valence-electron chi connectivity index (χ0n) is 19.1. The normalized spacial score (nSPS) is 10.7. The van der Waals surface area contributed by atoms with Gasteiger partial charge in [-0.25, -0.2) is 4.39 Å². The summed E-state index contributed by atoms with van der Waals surface area (Å²) in [4.78, 5) is 24.6. The van der Waals surface area contributed by atoms with Crippen molar-refractivity contribution in [3.63, 3.8) is 0 Å². The maximum Gasteiger partial charge on any atom is 0.262 e. The van der Waals surface area contributed by atoms with Crippen LogP contribution in [0, 0.1) is 17.1 Å². The number of carbonyl (C=O) groups excluding carboxylic acids is 2. The number of carbonyl (C=O) groups is 2. The van der Waals surface area contributed by atoms with Crippen molar-refractivity contribution in [1.82, 2.24) is 5.32 Å². The van der Waals surface area contributed by atoms with Crippen LogP contribution >= 0.6 is 0 Å². The van der Waals surface area contributed by atoms with E-state index in [9.17, 15) is 19.2 Å². The Morgan fingerprint density at radius 3 is 2.46 bits per heavy atom. The first-order valence-corrected chi connectivity index (χ1v) is 10.9. The van der Waals surface area contributed by atoms with Crippen molar-refractivity contribution < 1.29 is 23.5 Å². The lowest BCUT2D eigenvalue weighted by Gasteiger charge is -2.13. The minimum Gasteiger partial charge on any atom is -0.490 e. The smallest absolute Gasteiger partial charge is 0.262 e. The molecule has 0 saturated heterocycles. The maximum absolute atomic E-state index is 13.7. The Hall–Kier alpha value is -4.64. The SMILES string of the molecule is CCOc1cc(C=C(C#N)C(=O)NCc2ccccc2)ccc1OCC(=O)Nc1ccccc1F. The van der Waals surface area contributed by atoms with Gasteiger partial charge in [0.05, 0.1) is 12.3 Å². The highest BCUT2D eigenvalue weighted by molar-refractivity contribution is 6.01. The highest BCUT2D eigenvalue weighted by Gasteiger charge is 2.13. The molecule has 8 heteroatoms. The Balaban J connectivity index is 1.67. The zero-order chi connectivity index (χ0) is 25.0. The van der Waals surface area contributed by atoms with Gasteiger partial charge in [-0.2, -0.15) is 5.26 Å². The number of benzene rings is 3. The summed E-state index contributed by atoms with van der Waals surface area (Å²) in [5.74, 6) is -0.961. The number of anilines is 1. The van der Waals surface area contributed by atoms with Crippen molar-refractivity contribution in [2.45, 2.75) is 13.5 Å². The molecule has 0 bridgehead atoms. The summed E-state index contributed by atoms with van der Waals surface area (Å²) in [7, 11) is 0. The number of rotatable bonds is 10. The van der Waals surface area contributed by atoms with Crippen molar-refractivity contribution in [2.75, 3.05) is 18.5 Å². The molecule has 0 radical (unpaired) electrons. The summed E-state index contributed by atoms with van der Waals surface area (Å²) in [6, 6.07) is 21.9. The van der Waals surface area contributed by atoms with Gasteiger partial charge in [-0.3, -0.25) is 9.59 Å². The fourth-order valence-electron chi connectivity index (χ4n) is 3.08. The summed E-state index contributed by atoms with van der Waals surface area (Å²) in [5.41, 5.74) is 1.45. The first kappa shape index (κ1) is 25.0. The molecule has 7 nitrogen and oxygen atoms in total. The molecule has 35 heavy (non-hydrogen) atoms. The van der Waals surface area contributed by atoms with Crippen LogP contribution in [0.25, 0.3) is 6.08 Å². The van der Waals surface area contributed by atoms with Gasteiger partial charge in [-0.05, 0) is 48.4 Å². The van der Waals surface area contributed by atoms with Gasteiger partial charge in [0.2, 0.25) is 0 Å². The Bertz CT molecular complexity index is 1250. The van der Waals surface area contributed by atoms with Gasteiger partial charge in [0.1, 0.15) is 17.5 Å². The number of halogens is 1. The van der Waals surface area contributed by atoms with Crippen LogP contribution < -0.4 is 20.1 Å². The maximum atomic E-state index is 13.7. The summed E-state index contributed by atoms with van der Waals surface area (Å²) >= 11 is 0. The fraction of sp³-hybridized carbons (Fsp3) is 0.148. The number of nitrogens with one attached hydrogen (secondary N) is 2. The van der Waals surface area contributed by atoms with Crippen LogP contribution in [0.15, 0.2) is 78.4 Å². The average molecular weight is 474 g/mol. The number of amides is 2. The van der Waals surface area contributed by atoms with E-state index in [-0.39, 0.29) is 17.9 Å². The van der Waals surface area contributed by atoms with E-state index in [4.69, 9.17) is 9.47 Å². The molecular formula is C27H24FN3O4. The topological polar surface area (TPSA) is 100 Å². The minimum atomic E-state index is -0.548. The van der Waals surface area contributed by atoms with E-state index in [2.05, 4.69) is 10.6 Å². The van der Waals surface area contributed by atoms with Crippen LogP contribution in [0.5, 0.6) is 11.5 Å². The fourth-order valence-corrected chi connectivity index (χ4v) is 3.08. The molecule has 0 fully saturated rings. The third kappa shape index (κ3) is 7.44. The second kappa shape index (κ2) is 12.6. The molecule has 0 aliphatic heterocycles. The summed E-state index contributed by atoms with van der Waals surface area (Å²) in [5, 5.41) is 14.6. The summed E-state index contributed by atoms with van der Waals surface area (Å²) < 4.78 is 24.9. The number of hydrogen-bond donors (Lipinski definition) is 2. The molecular weight excluding hydrogens is 449 g/mol. The van der Waals surface area contributed by atoms with E-state index in [1.807, 2.05) is 36.4 Å². The molecule has 3 rings (SSSR count). The number of hydrogen-bond acceptors (Lipinski definition) is 5. The van der Waals surface area contributed by atoms with E-state index >= 15 is 0 Å². The highest BCUT2D eigenvalue weighted by Crippen LogP contribution is 2.29. The van der Waals surface area contributed by atoms with Crippen molar-refractivity contribution in [2.24, 2.45) is 0 Å². The molecule has 3 aromatic carbocycles. The summed E-state index contributed by atoms with van der Waals surface area (Å²) in [6.07, 6.45) is 1.44. The van der Waals surface area contributed by atoms with Gasteiger partial charge in [0, 0.05) is 6.54 Å². The minimum absolute atomic E-state index is 0.0567. The standard InChI is InChI=1S/C27H24FN3O4/c1-2-34-25-15-20(14-21(16-29)27(33)30-17-19-8-4-3-5-9-19)12-13-24(25)35-18-26(32)31-23-11-7-6-10-22(23)28/h3-15H,2,17-18H2,1H3,(H,30,33)(H,31,32). The molecule has 0 heterocycles. The molecule has 2 N–H and O–H groups in total. The van der Waals surface area contributed by atoms with Crippen molar-refractivity contribution >= 4 is 23.6 Å². The molecule has 0 aliphatic rings. The number of nitriles is 1. The lowest BCUT2D eigenvalue weighted by molar-refractivity contribution is -0.118. The molecule has 0 spiro atoms. The molecule has 0 unspecified atom stereocenters. The molecule has 2 amide bonds. The Kier molecular flexibility index (Phi) is 8.97. The first-order chi connectivity index (χ1) is 17.0. The monoisotopic (exact) mass is 473 g/mol. The second-order valence-electron chi connectivity index (χ2n) is 7.29. The Morgan fingerprint density at radius 1 is 1.00 bits per heavy atom. The number of nitrogens with zero attached hydrogens (tertiary/aromatic N) is 1. The van der Waals surface area contributed by atoms with Crippen LogP contribution in [0.3, 0.4) is 0 Å². The number of para-hydroxylation sites is 1. The predicted octanol–water partition coefficient (Wildman–Crippen LogP) is 4.47. The van der Waals surface area contributed by atoms with Gasteiger partial charge in [0.25, 0.3) is 11.8 Å². The Labute approximate surface area is 202 Å². The molecule has 3 aromatic rings. The zero-order valence-corrected chi connectivity index (χ0v) is 19.1. The van der Waals surface area contributed by atoms with E-state index in [0.29, 0.717) is 30.2 Å². The molecule has 0 aliphatic carbocycles. The number of ether oxygens (including phenoxy) is 2. The van der Waals surface area contributed by atoms with Gasteiger partial charge >= 0.3 is 0 Å². The van der Waals surface area contributed by atoms with E-state index in [1.54, 1.807) is 31.2 Å². The van der Waals surface area contributed by atoms with Crippen LogP contribution in [0.4, 0.5) is 10.1 Å². The van der Waals surface area contributed by atoms with Crippen molar-refractivity contribution in [3.8, 4) is 17.6 Å². The van der Waals surface area contributed by atoms with Crippen molar-refractivity contribution in [1.29, 1.82) is 5.26 Å². The van der Waals surface area contributed by atoms with Crippen LogP contribution in [0.1, 0.15) is 18.1 Å². The summed E-state index contributed by atoms with van der Waals surface area (Å²) in [6.45, 7) is 2.04. The molecule has 0 aromatic heterocycles. The Morgan fingerprint density at radius 2 is 1.74 bits per heavy atom. The van der Waals surface area contributed by atoms with Gasteiger partial charge in [-0.1, -0.05) is 48.5 Å². The average Bonchev–Trinajstić information content (AvgIpc) is 2.87.